The zero-order valence-corrected chi connectivity index (χ0v) is 7.84. The first-order chi connectivity index (χ1) is 6.21. The first kappa shape index (κ1) is 8.56. The van der Waals surface area contributed by atoms with Gasteiger partial charge in [-0.05, 0) is 32.7 Å². The van der Waals surface area contributed by atoms with Crippen molar-refractivity contribution in [2.45, 2.75) is 31.7 Å². The molecule has 4 nitrogen and oxygen atoms in total. The quantitative estimate of drug-likeness (QED) is 0.684. The fraction of sp³-hybridized carbons (Fsp3) is 0.667. The molecular formula is C9H15N3O. The Hall–Kier alpha value is -1.03. The topological polar surface area (TPSA) is 64.1 Å². The van der Waals surface area contributed by atoms with Crippen LogP contribution in [0.25, 0.3) is 0 Å². The number of aromatic nitrogens is 1. The van der Waals surface area contributed by atoms with Crippen LogP contribution in [0.3, 0.4) is 0 Å². The third-order valence-electron chi connectivity index (χ3n) is 2.71. The molecule has 0 radical (unpaired) electrons. The standard InChI is InChI=1S/C9H15N3O/c1-9(4-2-3-5-11-9)7-6-8(10)13-12-7/h6,11H,2-5,10H2,1H3. The summed E-state index contributed by atoms with van der Waals surface area (Å²) in [5.41, 5.74) is 6.37. The van der Waals surface area contributed by atoms with Crippen LogP contribution >= 0.6 is 0 Å². The lowest BCUT2D eigenvalue weighted by Crippen LogP contribution is -2.43. The molecule has 72 valence electrons. The van der Waals surface area contributed by atoms with E-state index < -0.39 is 0 Å². The molecule has 1 saturated heterocycles. The minimum Gasteiger partial charge on any atom is -0.368 e. The summed E-state index contributed by atoms with van der Waals surface area (Å²) < 4.78 is 4.87. The monoisotopic (exact) mass is 181 g/mol. The lowest BCUT2D eigenvalue weighted by Gasteiger charge is -2.32. The van der Waals surface area contributed by atoms with E-state index in [0.717, 1.165) is 18.7 Å². The second-order valence-electron chi connectivity index (χ2n) is 3.83. The highest BCUT2D eigenvalue weighted by Crippen LogP contribution is 2.29. The third-order valence-corrected chi connectivity index (χ3v) is 2.71. The minimum absolute atomic E-state index is 0.0423. The van der Waals surface area contributed by atoms with Crippen molar-refractivity contribution in [2.75, 3.05) is 12.3 Å². The van der Waals surface area contributed by atoms with E-state index in [1.54, 1.807) is 6.07 Å². The van der Waals surface area contributed by atoms with E-state index in [9.17, 15) is 0 Å². The first-order valence-electron chi connectivity index (χ1n) is 4.68. The summed E-state index contributed by atoms with van der Waals surface area (Å²) in [5.74, 6) is 0.392. The molecular weight excluding hydrogens is 166 g/mol. The van der Waals surface area contributed by atoms with Gasteiger partial charge in [-0.3, -0.25) is 0 Å². The van der Waals surface area contributed by atoms with E-state index in [2.05, 4.69) is 17.4 Å². The molecule has 1 aliphatic rings. The maximum absolute atomic E-state index is 5.49. The Labute approximate surface area is 77.5 Å². The van der Waals surface area contributed by atoms with Gasteiger partial charge in [0.15, 0.2) is 0 Å². The predicted octanol–water partition coefficient (Wildman–Crippen LogP) is 1.25. The number of nitrogens with one attached hydrogen (secondary N) is 1. The van der Waals surface area contributed by atoms with Gasteiger partial charge >= 0.3 is 0 Å². The Morgan fingerprint density at radius 2 is 2.46 bits per heavy atom. The highest BCUT2D eigenvalue weighted by molar-refractivity contribution is 5.28. The number of piperidine rings is 1. The van der Waals surface area contributed by atoms with Gasteiger partial charge in [-0.15, -0.1) is 0 Å². The Morgan fingerprint density at radius 1 is 1.62 bits per heavy atom. The largest absolute Gasteiger partial charge is 0.368 e. The third kappa shape index (κ3) is 1.54. The normalized spacial score (nSPS) is 29.0. The van der Waals surface area contributed by atoms with Crippen molar-refractivity contribution in [1.82, 2.24) is 10.5 Å². The van der Waals surface area contributed by atoms with Crippen LogP contribution in [-0.2, 0) is 5.54 Å². The number of hydrogen-bond acceptors (Lipinski definition) is 4. The summed E-state index contributed by atoms with van der Waals surface area (Å²) >= 11 is 0. The Balaban J connectivity index is 2.22. The van der Waals surface area contributed by atoms with Crippen molar-refractivity contribution >= 4 is 5.88 Å². The van der Waals surface area contributed by atoms with Crippen LogP contribution in [0.5, 0.6) is 0 Å². The molecule has 1 aromatic rings. The van der Waals surface area contributed by atoms with Gasteiger partial charge in [-0.2, -0.15) is 0 Å². The van der Waals surface area contributed by atoms with Gasteiger partial charge in [0.2, 0.25) is 5.88 Å². The number of nitrogen functional groups attached to an aromatic ring is 1. The molecule has 0 amide bonds. The summed E-state index contributed by atoms with van der Waals surface area (Å²) in [6.07, 6.45) is 3.57. The maximum atomic E-state index is 5.49. The molecule has 0 aliphatic carbocycles. The molecule has 3 N–H and O–H groups in total. The minimum atomic E-state index is -0.0423. The summed E-state index contributed by atoms with van der Waals surface area (Å²) in [7, 11) is 0. The average Bonchev–Trinajstić information content (AvgIpc) is 2.54. The fourth-order valence-electron chi connectivity index (χ4n) is 1.82. The Kier molecular flexibility index (Phi) is 2.00. The number of nitrogens with two attached hydrogens (primary N) is 1. The number of anilines is 1. The van der Waals surface area contributed by atoms with E-state index in [1.807, 2.05) is 0 Å². The van der Waals surface area contributed by atoms with Gasteiger partial charge in [0.05, 0.1) is 5.54 Å². The molecule has 0 saturated carbocycles. The van der Waals surface area contributed by atoms with E-state index in [0.29, 0.717) is 5.88 Å². The number of hydrogen-bond donors (Lipinski definition) is 2. The second kappa shape index (κ2) is 3.03. The zero-order valence-electron chi connectivity index (χ0n) is 7.84. The highest BCUT2D eigenvalue weighted by Gasteiger charge is 2.31. The molecule has 0 spiro atoms. The van der Waals surface area contributed by atoms with E-state index in [-0.39, 0.29) is 5.54 Å². The number of nitrogens with zero attached hydrogens (tertiary/aromatic N) is 1. The predicted molar refractivity (Wildman–Crippen MR) is 50.1 cm³/mol. The molecule has 1 fully saturated rings. The van der Waals surface area contributed by atoms with Gasteiger partial charge in [-0.1, -0.05) is 5.16 Å². The van der Waals surface area contributed by atoms with Crippen molar-refractivity contribution < 1.29 is 4.52 Å². The molecule has 13 heavy (non-hydrogen) atoms. The zero-order chi connectivity index (χ0) is 9.31. The molecule has 0 aromatic carbocycles. The lowest BCUT2D eigenvalue weighted by atomic mass is 9.88. The maximum Gasteiger partial charge on any atom is 0.222 e. The van der Waals surface area contributed by atoms with Gasteiger partial charge in [0.25, 0.3) is 0 Å². The van der Waals surface area contributed by atoms with Crippen molar-refractivity contribution in [3.05, 3.63) is 11.8 Å². The Bertz CT molecular complexity index is 289. The molecule has 1 unspecified atom stereocenters. The van der Waals surface area contributed by atoms with Crippen molar-refractivity contribution in [2.24, 2.45) is 0 Å². The van der Waals surface area contributed by atoms with Gasteiger partial charge in [0.1, 0.15) is 5.69 Å². The SMILES string of the molecule is CC1(c2cc(N)on2)CCCCN1. The molecule has 1 aliphatic heterocycles. The van der Waals surface area contributed by atoms with Crippen LogP contribution in [0, 0.1) is 0 Å². The smallest absolute Gasteiger partial charge is 0.222 e. The molecule has 1 aromatic heterocycles. The van der Waals surface area contributed by atoms with Gasteiger partial charge in [-0.25, -0.2) is 0 Å². The molecule has 1 atom stereocenters. The van der Waals surface area contributed by atoms with Gasteiger partial charge < -0.3 is 15.6 Å². The fourth-order valence-corrected chi connectivity index (χ4v) is 1.82. The van der Waals surface area contributed by atoms with Crippen LogP contribution in [0.1, 0.15) is 31.9 Å². The Morgan fingerprint density at radius 3 is 3.00 bits per heavy atom. The van der Waals surface area contributed by atoms with Gasteiger partial charge in [0, 0.05) is 6.07 Å². The van der Waals surface area contributed by atoms with Crippen molar-refractivity contribution in [3.8, 4) is 0 Å². The summed E-state index contributed by atoms with van der Waals surface area (Å²) in [5, 5.41) is 7.40. The number of rotatable bonds is 1. The highest BCUT2D eigenvalue weighted by atomic mass is 16.5. The van der Waals surface area contributed by atoms with Crippen LogP contribution in [0.15, 0.2) is 10.6 Å². The summed E-state index contributed by atoms with van der Waals surface area (Å²) in [6.45, 7) is 3.19. The molecule has 2 heterocycles. The van der Waals surface area contributed by atoms with Crippen LogP contribution in [0.4, 0.5) is 5.88 Å². The van der Waals surface area contributed by atoms with E-state index in [1.165, 1.54) is 12.8 Å². The van der Waals surface area contributed by atoms with E-state index >= 15 is 0 Å². The molecule has 2 rings (SSSR count). The van der Waals surface area contributed by atoms with E-state index in [4.69, 9.17) is 10.3 Å². The van der Waals surface area contributed by atoms with Crippen LogP contribution < -0.4 is 11.1 Å². The second-order valence-corrected chi connectivity index (χ2v) is 3.83. The summed E-state index contributed by atoms with van der Waals surface area (Å²) in [6, 6.07) is 1.80. The first-order valence-corrected chi connectivity index (χ1v) is 4.68. The molecule has 4 heteroatoms. The van der Waals surface area contributed by atoms with Crippen molar-refractivity contribution in [3.63, 3.8) is 0 Å². The van der Waals surface area contributed by atoms with Crippen LogP contribution in [-0.4, -0.2) is 11.7 Å². The summed E-state index contributed by atoms with van der Waals surface area (Å²) in [4.78, 5) is 0. The van der Waals surface area contributed by atoms with Crippen molar-refractivity contribution in [1.29, 1.82) is 0 Å². The average molecular weight is 181 g/mol. The van der Waals surface area contributed by atoms with Crippen LogP contribution in [0.2, 0.25) is 0 Å². The lowest BCUT2D eigenvalue weighted by molar-refractivity contribution is 0.263. The molecule has 0 bridgehead atoms.